The van der Waals surface area contributed by atoms with Crippen molar-refractivity contribution in [1.29, 1.82) is 0 Å². The maximum atomic E-state index is 12.6. The molecule has 172 valence electrons. The Morgan fingerprint density at radius 3 is 2.47 bits per heavy atom. The van der Waals surface area contributed by atoms with Gasteiger partial charge >= 0.3 is 7.82 Å². The van der Waals surface area contributed by atoms with Gasteiger partial charge in [0.25, 0.3) is 11.6 Å². The van der Waals surface area contributed by atoms with Crippen molar-refractivity contribution in [1.82, 2.24) is 10.2 Å². The van der Waals surface area contributed by atoms with Gasteiger partial charge in [-0.15, -0.1) is 0 Å². The van der Waals surface area contributed by atoms with Crippen LogP contribution < -0.4 is 9.84 Å². The van der Waals surface area contributed by atoms with Gasteiger partial charge in [0.05, 0.1) is 4.92 Å². The summed E-state index contributed by atoms with van der Waals surface area (Å²) in [6.07, 6.45) is 0.681. The van der Waals surface area contributed by atoms with E-state index in [1.165, 1.54) is 36.4 Å². The van der Waals surface area contributed by atoms with Crippen LogP contribution in [0.4, 0.5) is 5.69 Å². The van der Waals surface area contributed by atoms with E-state index in [-0.39, 0.29) is 17.0 Å². The molecule has 11 nitrogen and oxygen atoms in total. The van der Waals surface area contributed by atoms with E-state index in [9.17, 15) is 23.7 Å². The Balaban J connectivity index is 1.64. The normalized spacial score (nSPS) is 19.7. The molecule has 1 saturated heterocycles. The smallest absolute Gasteiger partial charge is 0.404 e. The second kappa shape index (κ2) is 10.3. The van der Waals surface area contributed by atoms with Gasteiger partial charge < -0.3 is 9.84 Å². The van der Waals surface area contributed by atoms with E-state index in [4.69, 9.17) is 9.79 Å². The molecule has 0 aliphatic carbocycles. The van der Waals surface area contributed by atoms with Gasteiger partial charge in [-0.25, -0.2) is 4.57 Å². The van der Waals surface area contributed by atoms with Crippen LogP contribution in [-0.4, -0.2) is 53.9 Å². The summed E-state index contributed by atoms with van der Waals surface area (Å²) in [7, 11) is -5.98. The molecule has 3 rings (SSSR count). The summed E-state index contributed by atoms with van der Waals surface area (Å²) in [6, 6.07) is 11.5. The average molecular weight is 483 g/mol. The number of rotatable bonds is 7. The van der Waals surface area contributed by atoms with E-state index in [0.29, 0.717) is 31.8 Å². The molecule has 32 heavy (non-hydrogen) atoms. The lowest BCUT2D eigenvalue weighted by atomic mass is 10.2. The number of benzene rings is 2. The summed E-state index contributed by atoms with van der Waals surface area (Å²) in [5, 5.41) is 13.0. The fourth-order valence-corrected chi connectivity index (χ4v) is 4.96. The highest BCUT2D eigenvalue weighted by atomic mass is 32.2. The zero-order chi connectivity index (χ0) is 23.3. The largest absolute Gasteiger partial charge is 0.524 e. The molecule has 13 heteroatoms. The molecule has 2 aromatic rings. The molecular formula is C19H22N3O8PS. The zero-order valence-electron chi connectivity index (χ0n) is 16.8. The van der Waals surface area contributed by atoms with Crippen molar-refractivity contribution in [2.45, 2.75) is 18.3 Å². The number of phosphoric ester groups is 1. The first-order valence-electron chi connectivity index (χ1n) is 9.60. The van der Waals surface area contributed by atoms with E-state index in [1.54, 1.807) is 12.1 Å². The summed E-state index contributed by atoms with van der Waals surface area (Å²) in [5.41, 5.74) is 1.10. The number of nitrogens with zero attached hydrogens (tertiary/aromatic N) is 2. The lowest BCUT2D eigenvalue weighted by Crippen LogP contribution is -2.45. The van der Waals surface area contributed by atoms with Crippen LogP contribution in [-0.2, 0) is 21.9 Å². The molecule has 0 bridgehead atoms. The number of hydrogen-bond donors (Lipinski definition) is 3. The number of phosphoric acid groups is 1. The molecule has 0 radical (unpaired) electrons. The van der Waals surface area contributed by atoms with Gasteiger partial charge in [0, 0.05) is 47.3 Å². The predicted molar refractivity (Wildman–Crippen MR) is 116 cm³/mol. The highest BCUT2D eigenvalue weighted by Gasteiger charge is 2.26. The van der Waals surface area contributed by atoms with E-state index in [0.717, 1.165) is 5.56 Å². The third kappa shape index (κ3) is 6.94. The van der Waals surface area contributed by atoms with Crippen molar-refractivity contribution < 1.29 is 32.8 Å². The van der Waals surface area contributed by atoms with Gasteiger partial charge in [-0.2, -0.15) is 0 Å². The molecule has 1 fully saturated rings. The number of nitrogens with one attached hydrogen (secondary N) is 1. The van der Waals surface area contributed by atoms with Crippen LogP contribution in [0.2, 0.25) is 0 Å². The van der Waals surface area contributed by atoms with Crippen LogP contribution in [0.15, 0.2) is 48.5 Å². The Morgan fingerprint density at radius 2 is 1.88 bits per heavy atom. The Hall–Kier alpha value is -2.63. The summed E-state index contributed by atoms with van der Waals surface area (Å²) in [6.45, 7) is 1.51. The SMILES string of the molecule is O=C(NC1CN(Cc2ccc([N+](=O)[O-])cc2)CCCS1=O)c1ccc(OP(=O)(O)O)cc1. The Bertz CT molecular complexity index is 1040. The maximum absolute atomic E-state index is 12.6. The van der Waals surface area contributed by atoms with Crippen LogP contribution in [0.25, 0.3) is 0 Å². The quantitative estimate of drug-likeness (QED) is 0.303. The molecule has 0 saturated carbocycles. The fourth-order valence-electron chi connectivity index (χ4n) is 3.25. The lowest BCUT2D eigenvalue weighted by molar-refractivity contribution is -0.384. The minimum Gasteiger partial charge on any atom is -0.404 e. The van der Waals surface area contributed by atoms with Crippen LogP contribution in [0.3, 0.4) is 0 Å². The molecule has 1 aliphatic heterocycles. The average Bonchev–Trinajstić information content (AvgIpc) is 2.89. The van der Waals surface area contributed by atoms with Crippen LogP contribution in [0.5, 0.6) is 5.75 Å². The Labute approximate surface area is 186 Å². The summed E-state index contributed by atoms with van der Waals surface area (Å²) >= 11 is 0. The third-order valence-electron chi connectivity index (χ3n) is 4.75. The van der Waals surface area contributed by atoms with Crippen LogP contribution in [0.1, 0.15) is 22.3 Å². The number of non-ortho nitro benzene ring substituents is 1. The van der Waals surface area contributed by atoms with E-state index < -0.39 is 34.8 Å². The van der Waals surface area contributed by atoms with E-state index in [2.05, 4.69) is 9.84 Å². The third-order valence-corrected chi connectivity index (χ3v) is 6.79. The summed E-state index contributed by atoms with van der Waals surface area (Å²) in [5.74, 6) is -0.123. The van der Waals surface area contributed by atoms with Gasteiger partial charge in [-0.3, -0.25) is 33.8 Å². The molecule has 2 unspecified atom stereocenters. The highest BCUT2D eigenvalue weighted by Crippen LogP contribution is 2.37. The van der Waals surface area contributed by atoms with Crippen molar-refractivity contribution in [2.24, 2.45) is 0 Å². The molecule has 0 spiro atoms. The fraction of sp³-hybridized carbons (Fsp3) is 0.316. The molecule has 1 heterocycles. The second-order valence-corrected chi connectivity index (χ2v) is 10.1. The number of carbonyl (C=O) groups excluding carboxylic acids is 1. The maximum Gasteiger partial charge on any atom is 0.524 e. The summed E-state index contributed by atoms with van der Waals surface area (Å²) in [4.78, 5) is 42.7. The lowest BCUT2D eigenvalue weighted by Gasteiger charge is -2.24. The number of hydrogen-bond acceptors (Lipinski definition) is 7. The minimum absolute atomic E-state index is 0.00747. The van der Waals surface area contributed by atoms with E-state index >= 15 is 0 Å². The van der Waals surface area contributed by atoms with Crippen molar-refractivity contribution >= 4 is 30.2 Å². The molecule has 1 amide bonds. The first-order chi connectivity index (χ1) is 15.1. The molecule has 3 N–H and O–H groups in total. The predicted octanol–water partition coefficient (Wildman–Crippen LogP) is 1.78. The van der Waals surface area contributed by atoms with Gasteiger partial charge in [0.2, 0.25) is 0 Å². The Morgan fingerprint density at radius 1 is 1.22 bits per heavy atom. The van der Waals surface area contributed by atoms with Crippen molar-refractivity contribution in [3.05, 3.63) is 69.8 Å². The zero-order valence-corrected chi connectivity index (χ0v) is 18.5. The second-order valence-electron chi connectivity index (χ2n) is 7.17. The molecule has 2 aromatic carbocycles. The van der Waals surface area contributed by atoms with Gasteiger partial charge in [0.1, 0.15) is 11.1 Å². The molecule has 1 aliphatic rings. The monoisotopic (exact) mass is 483 g/mol. The van der Waals surface area contributed by atoms with Crippen LogP contribution >= 0.6 is 7.82 Å². The van der Waals surface area contributed by atoms with Gasteiger partial charge in [0.15, 0.2) is 0 Å². The van der Waals surface area contributed by atoms with Crippen molar-refractivity contribution in [3.63, 3.8) is 0 Å². The standard InChI is InChI=1S/C19H22N3O8PS/c23-19(15-4-8-17(9-5-15)30-31(26,27)28)20-18-13-21(10-1-11-32(18)29)12-14-2-6-16(7-3-14)22(24)25/h2-9,18H,1,10-13H2,(H,20,23)(H2,26,27,28). The Kier molecular flexibility index (Phi) is 7.75. The van der Waals surface area contributed by atoms with E-state index in [1.807, 2.05) is 4.90 Å². The topological polar surface area (TPSA) is 159 Å². The number of amides is 1. The first-order valence-corrected chi connectivity index (χ1v) is 12.5. The molecular weight excluding hydrogens is 461 g/mol. The van der Waals surface area contributed by atoms with Gasteiger partial charge in [-0.1, -0.05) is 12.1 Å². The number of carbonyl (C=O) groups is 1. The molecule has 0 aromatic heterocycles. The highest BCUT2D eigenvalue weighted by molar-refractivity contribution is 7.85. The van der Waals surface area contributed by atoms with Crippen molar-refractivity contribution in [3.8, 4) is 5.75 Å². The minimum atomic E-state index is -4.69. The van der Waals surface area contributed by atoms with Crippen molar-refractivity contribution in [2.75, 3.05) is 18.8 Å². The summed E-state index contributed by atoms with van der Waals surface area (Å²) < 4.78 is 27.9. The number of nitro benzene ring substituents is 1. The first kappa shape index (κ1) is 24.0. The van der Waals surface area contributed by atoms with Crippen LogP contribution in [0, 0.1) is 10.1 Å². The molecule has 2 atom stereocenters. The number of nitro groups is 1. The van der Waals surface area contributed by atoms with Gasteiger partial charge in [-0.05, 0) is 42.8 Å².